The minimum absolute atomic E-state index is 0.247. The summed E-state index contributed by atoms with van der Waals surface area (Å²) < 4.78 is 7.53. The number of amides is 1. The monoisotopic (exact) mass is 385 g/mol. The topological polar surface area (TPSA) is 85.4 Å². The van der Waals surface area contributed by atoms with Crippen LogP contribution < -0.4 is 15.8 Å². The van der Waals surface area contributed by atoms with E-state index >= 15 is 0 Å². The van der Waals surface area contributed by atoms with Crippen LogP contribution in [0, 0.1) is 0 Å². The summed E-state index contributed by atoms with van der Waals surface area (Å²) in [6.07, 6.45) is 6.57. The highest BCUT2D eigenvalue weighted by Crippen LogP contribution is 2.31. The second-order valence-corrected chi connectivity index (χ2v) is 7.91. The Hall–Kier alpha value is -2.12. The summed E-state index contributed by atoms with van der Waals surface area (Å²) in [7, 11) is 0. The van der Waals surface area contributed by atoms with Crippen LogP contribution in [0.15, 0.2) is 18.2 Å². The maximum atomic E-state index is 11.3. The van der Waals surface area contributed by atoms with Crippen molar-refractivity contribution in [2.45, 2.75) is 64.1 Å². The summed E-state index contributed by atoms with van der Waals surface area (Å²) in [5, 5.41) is 3.56. The number of nitrogens with one attached hydrogen (secondary N) is 1. The van der Waals surface area contributed by atoms with Crippen LogP contribution in [-0.2, 0) is 6.54 Å². The number of nitrogens with zero attached hydrogens (tertiary/aromatic N) is 3. The van der Waals surface area contributed by atoms with Crippen LogP contribution >= 0.6 is 0 Å². The number of imidazole rings is 1. The van der Waals surface area contributed by atoms with Gasteiger partial charge in [0.05, 0.1) is 11.6 Å². The number of ether oxygens (including phenoxy) is 1. The van der Waals surface area contributed by atoms with Gasteiger partial charge in [0.2, 0.25) is 0 Å². The molecule has 0 radical (unpaired) electrons. The fourth-order valence-electron chi connectivity index (χ4n) is 4.78. The van der Waals surface area contributed by atoms with Gasteiger partial charge in [-0.3, -0.25) is 4.90 Å². The van der Waals surface area contributed by atoms with Crippen molar-refractivity contribution in [1.82, 2.24) is 19.8 Å². The first-order chi connectivity index (χ1) is 13.7. The molecular weight excluding hydrogens is 354 g/mol. The Morgan fingerprint density at radius 2 is 2.18 bits per heavy atom. The van der Waals surface area contributed by atoms with Crippen LogP contribution in [0.1, 0.15) is 57.3 Å². The number of para-hydroxylation sites is 1. The maximum absolute atomic E-state index is 11.3. The highest BCUT2D eigenvalue weighted by molar-refractivity contribution is 5.85. The van der Waals surface area contributed by atoms with Crippen LogP contribution in [0.4, 0.5) is 4.79 Å². The Balaban J connectivity index is 1.66. The van der Waals surface area contributed by atoms with Crippen molar-refractivity contribution < 1.29 is 9.53 Å². The molecule has 152 valence electrons. The van der Waals surface area contributed by atoms with Gasteiger partial charge in [0.25, 0.3) is 0 Å². The third-order valence-corrected chi connectivity index (χ3v) is 6.19. The van der Waals surface area contributed by atoms with Crippen LogP contribution in [0.25, 0.3) is 11.0 Å². The smallest absolute Gasteiger partial charge is 0.408 e. The minimum Gasteiger partial charge on any atom is -0.408 e. The SMILES string of the molecule is CCC1CCCCN1CCn1c(C2CCCN2)nc2c(OC(N)=O)cccc21. The van der Waals surface area contributed by atoms with Crippen molar-refractivity contribution in [1.29, 1.82) is 0 Å². The van der Waals surface area contributed by atoms with E-state index in [0.29, 0.717) is 11.8 Å². The van der Waals surface area contributed by atoms with E-state index in [1.54, 1.807) is 6.07 Å². The van der Waals surface area contributed by atoms with Crippen molar-refractivity contribution in [3.63, 3.8) is 0 Å². The largest absolute Gasteiger partial charge is 0.410 e. The average molecular weight is 386 g/mol. The van der Waals surface area contributed by atoms with Gasteiger partial charge >= 0.3 is 6.09 Å². The van der Waals surface area contributed by atoms with Gasteiger partial charge in [-0.25, -0.2) is 9.78 Å². The second kappa shape index (κ2) is 8.49. The molecule has 1 amide bonds. The van der Waals surface area contributed by atoms with E-state index in [0.717, 1.165) is 49.3 Å². The molecule has 1 aromatic carbocycles. The highest BCUT2D eigenvalue weighted by Gasteiger charge is 2.26. The molecule has 2 aromatic rings. The van der Waals surface area contributed by atoms with Gasteiger partial charge in [-0.15, -0.1) is 0 Å². The molecule has 2 aliphatic rings. The molecule has 2 atom stereocenters. The molecule has 3 N–H and O–H groups in total. The lowest BCUT2D eigenvalue weighted by atomic mass is 10.0. The number of nitrogens with two attached hydrogens (primary N) is 1. The third-order valence-electron chi connectivity index (χ3n) is 6.19. The number of rotatable bonds is 6. The molecule has 0 aliphatic carbocycles. The van der Waals surface area contributed by atoms with Gasteiger partial charge in [-0.2, -0.15) is 0 Å². The van der Waals surface area contributed by atoms with Gasteiger partial charge < -0.3 is 20.4 Å². The molecule has 0 saturated carbocycles. The fraction of sp³-hybridized carbons (Fsp3) is 0.619. The molecule has 3 heterocycles. The first kappa shape index (κ1) is 19.2. The third kappa shape index (κ3) is 3.86. The molecule has 7 heteroatoms. The van der Waals surface area contributed by atoms with E-state index in [4.69, 9.17) is 15.5 Å². The Morgan fingerprint density at radius 1 is 1.29 bits per heavy atom. The van der Waals surface area contributed by atoms with E-state index in [1.807, 2.05) is 6.07 Å². The molecular formula is C21H31N5O2. The van der Waals surface area contributed by atoms with Crippen LogP contribution in [0.2, 0.25) is 0 Å². The lowest BCUT2D eigenvalue weighted by Crippen LogP contribution is -2.41. The number of fused-ring (bicyclic) bond motifs is 1. The summed E-state index contributed by atoms with van der Waals surface area (Å²) >= 11 is 0. The first-order valence-corrected chi connectivity index (χ1v) is 10.6. The molecule has 4 rings (SSSR count). The van der Waals surface area contributed by atoms with Crippen LogP contribution in [0.5, 0.6) is 5.75 Å². The summed E-state index contributed by atoms with van der Waals surface area (Å²) in [6, 6.07) is 6.65. The van der Waals surface area contributed by atoms with Crippen LogP contribution in [0.3, 0.4) is 0 Å². The molecule has 2 saturated heterocycles. The standard InChI is InChI=1S/C21H31N5O2/c1-2-15-7-3-4-12-25(15)13-14-26-17-9-5-10-18(28-21(22)27)19(17)24-20(26)16-8-6-11-23-16/h5,9-10,15-16,23H,2-4,6-8,11-14H2,1H3,(H2,22,27). The fourth-order valence-corrected chi connectivity index (χ4v) is 4.78. The molecule has 28 heavy (non-hydrogen) atoms. The number of carbonyl (C=O) groups excluding carboxylic acids is 1. The van der Waals surface area contributed by atoms with Gasteiger partial charge in [0, 0.05) is 19.1 Å². The number of piperidine rings is 1. The van der Waals surface area contributed by atoms with Crippen molar-refractivity contribution >= 4 is 17.1 Å². The number of primary amides is 1. The van der Waals surface area contributed by atoms with Gasteiger partial charge in [0.15, 0.2) is 5.75 Å². The molecule has 1 aromatic heterocycles. The Kier molecular flexibility index (Phi) is 5.82. The van der Waals surface area contributed by atoms with E-state index < -0.39 is 6.09 Å². The number of aromatic nitrogens is 2. The second-order valence-electron chi connectivity index (χ2n) is 7.91. The van der Waals surface area contributed by atoms with Gasteiger partial charge in [0.1, 0.15) is 11.3 Å². The lowest BCUT2D eigenvalue weighted by molar-refractivity contribution is 0.139. The zero-order valence-electron chi connectivity index (χ0n) is 16.7. The van der Waals surface area contributed by atoms with Crippen molar-refractivity contribution in [2.75, 3.05) is 19.6 Å². The zero-order chi connectivity index (χ0) is 19.5. The summed E-state index contributed by atoms with van der Waals surface area (Å²) in [6.45, 7) is 6.39. The predicted molar refractivity (Wildman–Crippen MR) is 109 cm³/mol. The van der Waals surface area contributed by atoms with Gasteiger partial charge in [-0.05, 0) is 57.3 Å². The van der Waals surface area contributed by atoms with E-state index in [-0.39, 0.29) is 6.04 Å². The number of hydrogen-bond donors (Lipinski definition) is 2. The first-order valence-electron chi connectivity index (χ1n) is 10.6. The Morgan fingerprint density at radius 3 is 2.93 bits per heavy atom. The Bertz CT molecular complexity index is 828. The summed E-state index contributed by atoms with van der Waals surface area (Å²) in [5.74, 6) is 1.48. The molecule has 7 nitrogen and oxygen atoms in total. The Labute approximate surface area is 166 Å². The molecule has 2 fully saturated rings. The summed E-state index contributed by atoms with van der Waals surface area (Å²) in [4.78, 5) is 18.8. The highest BCUT2D eigenvalue weighted by atomic mass is 16.5. The van der Waals surface area contributed by atoms with Crippen molar-refractivity contribution in [3.05, 3.63) is 24.0 Å². The van der Waals surface area contributed by atoms with E-state index in [9.17, 15) is 4.79 Å². The summed E-state index contributed by atoms with van der Waals surface area (Å²) in [5.41, 5.74) is 6.98. The quantitative estimate of drug-likeness (QED) is 0.798. The number of benzene rings is 1. The normalized spacial score (nSPS) is 23.3. The van der Waals surface area contributed by atoms with Crippen molar-refractivity contribution in [3.8, 4) is 5.75 Å². The molecule has 0 spiro atoms. The molecule has 2 aliphatic heterocycles. The lowest BCUT2D eigenvalue weighted by Gasteiger charge is -2.35. The van der Waals surface area contributed by atoms with E-state index in [1.165, 1.54) is 32.2 Å². The number of hydrogen-bond acceptors (Lipinski definition) is 5. The average Bonchev–Trinajstić information content (AvgIpc) is 3.34. The minimum atomic E-state index is -0.804. The van der Waals surface area contributed by atoms with Crippen LogP contribution in [-0.4, -0.2) is 46.2 Å². The van der Waals surface area contributed by atoms with E-state index in [2.05, 4.69) is 27.8 Å². The number of likely N-dealkylation sites (tertiary alicyclic amines) is 1. The molecule has 2 unspecified atom stereocenters. The maximum Gasteiger partial charge on any atom is 0.410 e. The van der Waals surface area contributed by atoms with Gasteiger partial charge in [-0.1, -0.05) is 19.4 Å². The van der Waals surface area contributed by atoms with Crippen molar-refractivity contribution in [2.24, 2.45) is 5.73 Å². The predicted octanol–water partition coefficient (Wildman–Crippen LogP) is 3.18. The zero-order valence-corrected chi connectivity index (χ0v) is 16.7. The number of carbonyl (C=O) groups is 1. The molecule has 0 bridgehead atoms.